The Morgan fingerprint density at radius 3 is 1.93 bits per heavy atom. The molecule has 1 unspecified atom stereocenters. The van der Waals surface area contributed by atoms with Gasteiger partial charge in [-0.25, -0.2) is 0 Å². The summed E-state index contributed by atoms with van der Waals surface area (Å²) >= 11 is 0. The second kappa shape index (κ2) is 10.5. The van der Waals surface area contributed by atoms with Crippen LogP contribution in [0.1, 0.15) is 53.1 Å². The second-order valence-electron chi connectivity index (χ2n) is 11.7. The van der Waals surface area contributed by atoms with Gasteiger partial charge in [0.05, 0.1) is 21.3 Å². The lowest BCUT2D eigenvalue weighted by atomic mass is 9.79. The van der Waals surface area contributed by atoms with E-state index in [9.17, 15) is 5.11 Å². The minimum absolute atomic E-state index is 0.569. The van der Waals surface area contributed by atoms with Gasteiger partial charge in [-0.15, -0.1) is 0 Å². The lowest BCUT2D eigenvalue weighted by molar-refractivity contribution is 0.0736. The van der Waals surface area contributed by atoms with Gasteiger partial charge in [0.1, 0.15) is 28.6 Å². The summed E-state index contributed by atoms with van der Waals surface area (Å²) in [5.74, 6) is 3.03. The second-order valence-corrected chi connectivity index (χ2v) is 11.7. The highest BCUT2D eigenvalue weighted by Crippen LogP contribution is 2.59. The first kappa shape index (κ1) is 28.1. The molecule has 0 aromatic heterocycles. The number of hydrogen-bond acceptors (Lipinski definition) is 5. The molecule has 0 amide bonds. The maximum Gasteiger partial charge on any atom is 0.178 e. The zero-order chi connectivity index (χ0) is 30.6. The van der Waals surface area contributed by atoms with Crippen molar-refractivity contribution in [1.29, 1.82) is 0 Å². The van der Waals surface area contributed by atoms with Crippen LogP contribution in [0.25, 0.3) is 28.0 Å². The van der Waals surface area contributed by atoms with E-state index >= 15 is 0 Å². The van der Waals surface area contributed by atoms with Crippen molar-refractivity contribution in [2.24, 2.45) is 0 Å². The van der Waals surface area contributed by atoms with Crippen molar-refractivity contribution in [2.45, 2.75) is 37.9 Å². The zero-order valence-corrected chi connectivity index (χ0v) is 25.7. The molecule has 44 heavy (non-hydrogen) atoms. The molecule has 1 atom stereocenters. The van der Waals surface area contributed by atoms with Crippen LogP contribution < -0.4 is 18.9 Å². The Morgan fingerprint density at radius 2 is 1.34 bits per heavy atom. The summed E-state index contributed by atoms with van der Waals surface area (Å²) in [7, 11) is 5.00. The summed E-state index contributed by atoms with van der Waals surface area (Å²) in [4.78, 5) is 0. The fourth-order valence-electron chi connectivity index (χ4n) is 7.09. The molecule has 0 spiro atoms. The van der Waals surface area contributed by atoms with E-state index in [1.165, 1.54) is 0 Å². The van der Waals surface area contributed by atoms with Crippen LogP contribution >= 0.6 is 0 Å². The van der Waals surface area contributed by atoms with Gasteiger partial charge in [0.25, 0.3) is 0 Å². The number of ether oxygens (including phenoxy) is 4. The van der Waals surface area contributed by atoms with E-state index in [0.29, 0.717) is 6.42 Å². The van der Waals surface area contributed by atoms with Gasteiger partial charge in [-0.1, -0.05) is 67.4 Å². The number of benzene rings is 5. The van der Waals surface area contributed by atoms with Crippen LogP contribution in [-0.4, -0.2) is 26.4 Å². The van der Waals surface area contributed by atoms with Crippen molar-refractivity contribution in [2.75, 3.05) is 21.3 Å². The Kier molecular flexibility index (Phi) is 6.67. The topological polar surface area (TPSA) is 57.2 Å². The normalized spacial score (nSPS) is 17.4. The highest BCUT2D eigenvalue weighted by Gasteiger charge is 2.47. The van der Waals surface area contributed by atoms with Gasteiger partial charge >= 0.3 is 0 Å². The smallest absolute Gasteiger partial charge is 0.178 e. The van der Waals surface area contributed by atoms with Gasteiger partial charge < -0.3 is 24.1 Å². The molecule has 5 heteroatoms. The van der Waals surface area contributed by atoms with E-state index in [2.05, 4.69) is 74.5 Å². The SMILES string of the molecule is CCCC1(O)c2cc(OC)ccc2-c2c1c1c(c3cc(C)ccc23)OC(c2ccc(OC)cc2)(c2ccc(OC)cc2)C=C1. The number of aliphatic hydroxyl groups is 1. The summed E-state index contributed by atoms with van der Waals surface area (Å²) in [6.07, 6.45) is 5.65. The third-order valence-corrected chi connectivity index (χ3v) is 9.21. The quantitative estimate of drug-likeness (QED) is 0.208. The van der Waals surface area contributed by atoms with Gasteiger partial charge in [-0.3, -0.25) is 0 Å². The number of fused-ring (bicyclic) bond motifs is 8. The van der Waals surface area contributed by atoms with Crippen molar-refractivity contribution in [3.63, 3.8) is 0 Å². The molecule has 1 N–H and O–H groups in total. The average molecular weight is 585 g/mol. The Hall–Kier alpha value is -4.74. The van der Waals surface area contributed by atoms with Crippen molar-refractivity contribution in [3.8, 4) is 34.1 Å². The highest BCUT2D eigenvalue weighted by molar-refractivity contribution is 6.08. The van der Waals surface area contributed by atoms with Crippen LogP contribution in [0.4, 0.5) is 0 Å². The molecule has 7 rings (SSSR count). The molecule has 0 saturated heterocycles. The Morgan fingerprint density at radius 1 is 0.727 bits per heavy atom. The minimum Gasteiger partial charge on any atom is -0.497 e. The van der Waals surface area contributed by atoms with Crippen LogP contribution in [0.5, 0.6) is 23.0 Å². The number of aryl methyl sites for hydroxylation is 1. The highest BCUT2D eigenvalue weighted by atomic mass is 16.5. The Balaban J connectivity index is 1.55. The third kappa shape index (κ3) is 4.03. The fourth-order valence-corrected chi connectivity index (χ4v) is 7.09. The molecule has 1 aliphatic heterocycles. The average Bonchev–Trinajstić information content (AvgIpc) is 3.32. The molecule has 222 valence electrons. The molecule has 0 saturated carbocycles. The molecule has 0 bridgehead atoms. The van der Waals surface area contributed by atoms with Crippen molar-refractivity contribution < 1.29 is 24.1 Å². The maximum atomic E-state index is 12.7. The van der Waals surface area contributed by atoms with E-state index in [4.69, 9.17) is 18.9 Å². The molecule has 2 aliphatic rings. The molecular weight excluding hydrogens is 548 g/mol. The number of hydrogen-bond donors (Lipinski definition) is 1. The third-order valence-electron chi connectivity index (χ3n) is 9.21. The molecule has 1 heterocycles. The van der Waals surface area contributed by atoms with E-state index < -0.39 is 11.2 Å². The summed E-state index contributed by atoms with van der Waals surface area (Å²) in [5.41, 5.74) is 5.68. The van der Waals surface area contributed by atoms with Gasteiger partial charge in [-0.05, 0) is 84.0 Å². The predicted molar refractivity (Wildman–Crippen MR) is 175 cm³/mol. The monoisotopic (exact) mass is 584 g/mol. The van der Waals surface area contributed by atoms with Crippen molar-refractivity contribution in [1.82, 2.24) is 0 Å². The van der Waals surface area contributed by atoms with Crippen LogP contribution in [0.2, 0.25) is 0 Å². The van der Waals surface area contributed by atoms with Crippen LogP contribution in [0.3, 0.4) is 0 Å². The molecule has 0 fully saturated rings. The molecule has 5 aromatic rings. The molecule has 5 nitrogen and oxygen atoms in total. The predicted octanol–water partition coefficient (Wildman–Crippen LogP) is 8.54. The molecule has 5 aromatic carbocycles. The Bertz CT molecular complexity index is 1870. The molecular formula is C39H36O5. The van der Waals surface area contributed by atoms with Crippen LogP contribution in [-0.2, 0) is 11.2 Å². The van der Waals surface area contributed by atoms with Crippen LogP contribution in [0, 0.1) is 6.92 Å². The lowest BCUT2D eigenvalue weighted by Gasteiger charge is -2.38. The standard InChI is InChI=1S/C39H36O5/c1-6-20-38(40)34-23-29(43-5)16-18-31(34)35-30-17-7-24(2)22-33(30)37-32(36(35)38)19-21-39(44-37,25-8-12-27(41-3)13-9-25)26-10-14-28(42-4)15-11-26/h7-19,21-23,40H,6,20H2,1-5H3. The van der Waals surface area contributed by atoms with Gasteiger partial charge in [0.2, 0.25) is 0 Å². The summed E-state index contributed by atoms with van der Waals surface area (Å²) in [6, 6.07) is 28.6. The van der Waals surface area contributed by atoms with E-state index in [0.717, 1.165) is 84.7 Å². The number of methoxy groups -OCH3 is 3. The van der Waals surface area contributed by atoms with Crippen LogP contribution in [0.15, 0.2) is 91.0 Å². The summed E-state index contributed by atoms with van der Waals surface area (Å²) in [5, 5.41) is 14.8. The van der Waals surface area contributed by atoms with Gasteiger partial charge in [0, 0.05) is 27.6 Å². The summed E-state index contributed by atoms with van der Waals surface area (Å²) < 4.78 is 23.9. The first-order valence-electron chi connectivity index (χ1n) is 15.1. The van der Waals surface area contributed by atoms with Gasteiger partial charge in [-0.2, -0.15) is 0 Å². The first-order chi connectivity index (χ1) is 21.4. The van der Waals surface area contributed by atoms with E-state index in [-0.39, 0.29) is 0 Å². The number of rotatable bonds is 7. The first-order valence-corrected chi connectivity index (χ1v) is 15.1. The summed E-state index contributed by atoms with van der Waals surface area (Å²) in [6.45, 7) is 4.21. The fraction of sp³-hybridized carbons (Fsp3) is 0.231. The minimum atomic E-state index is -1.20. The molecule has 0 radical (unpaired) electrons. The van der Waals surface area contributed by atoms with Gasteiger partial charge in [0.15, 0.2) is 5.60 Å². The molecule has 1 aliphatic carbocycles. The maximum absolute atomic E-state index is 12.7. The van der Waals surface area contributed by atoms with Crippen molar-refractivity contribution in [3.05, 3.63) is 124 Å². The van der Waals surface area contributed by atoms with Crippen molar-refractivity contribution >= 4 is 16.8 Å². The zero-order valence-electron chi connectivity index (χ0n) is 25.7. The largest absolute Gasteiger partial charge is 0.497 e. The van der Waals surface area contributed by atoms with E-state index in [1.54, 1.807) is 21.3 Å². The van der Waals surface area contributed by atoms with E-state index in [1.807, 2.05) is 36.4 Å². The Labute approximate surface area is 258 Å². The lowest BCUT2D eigenvalue weighted by Crippen LogP contribution is -2.35.